The Bertz CT molecular complexity index is 1060. The summed E-state index contributed by atoms with van der Waals surface area (Å²) in [5.74, 6) is -0.270. The van der Waals surface area contributed by atoms with Crippen LogP contribution in [-0.4, -0.2) is 15.8 Å². The van der Waals surface area contributed by atoms with E-state index >= 15 is 0 Å². The monoisotopic (exact) mass is 339 g/mol. The maximum absolute atomic E-state index is 12.3. The number of nitrogens with one attached hydrogen (secondary N) is 2. The fourth-order valence-corrected chi connectivity index (χ4v) is 2.34. The summed E-state index contributed by atoms with van der Waals surface area (Å²) < 4.78 is 5.02. The number of aromatic nitrogens is 1. The van der Waals surface area contributed by atoms with Crippen LogP contribution in [0.15, 0.2) is 45.6 Å². The summed E-state index contributed by atoms with van der Waals surface area (Å²) in [5, 5.41) is 13.7. The van der Waals surface area contributed by atoms with E-state index in [0.717, 1.165) is 0 Å². The van der Waals surface area contributed by atoms with Crippen molar-refractivity contribution >= 4 is 40.5 Å². The van der Waals surface area contributed by atoms with E-state index in [1.54, 1.807) is 24.3 Å². The Morgan fingerprint density at radius 1 is 1.24 bits per heavy atom. The average molecular weight is 339 g/mol. The highest BCUT2D eigenvalue weighted by Crippen LogP contribution is 2.19. The van der Waals surface area contributed by atoms with Gasteiger partial charge in [0.25, 0.3) is 0 Å². The topological polar surface area (TPSA) is 118 Å². The molecule has 0 spiro atoms. The van der Waals surface area contributed by atoms with Crippen molar-refractivity contribution in [2.45, 2.75) is 6.92 Å². The number of nitro groups is 1. The number of hydrogen-bond acceptors (Lipinski definition) is 5. The number of rotatable bonds is 4. The molecule has 25 heavy (non-hydrogen) atoms. The minimum atomic E-state index is -0.623. The number of furan rings is 1. The molecular weight excluding hydrogens is 326 g/mol. The van der Waals surface area contributed by atoms with E-state index in [1.165, 1.54) is 31.2 Å². The average Bonchev–Trinajstić information content (AvgIpc) is 3.02. The molecule has 2 N–H and O–H groups in total. The zero-order valence-electron chi connectivity index (χ0n) is 13.1. The second kappa shape index (κ2) is 6.44. The van der Waals surface area contributed by atoms with Crippen LogP contribution in [0.25, 0.3) is 23.1 Å². The van der Waals surface area contributed by atoms with Crippen molar-refractivity contribution in [1.82, 2.24) is 4.98 Å². The van der Waals surface area contributed by atoms with Gasteiger partial charge in [-0.05, 0) is 36.4 Å². The SMILES string of the molecule is CC(=O)Nc1ccc2[nH]c(C=Cc3ccc([N+](=O)[O-])o3)cc(=O)c2c1. The van der Waals surface area contributed by atoms with Gasteiger partial charge in [0.2, 0.25) is 5.91 Å². The molecule has 0 saturated carbocycles. The van der Waals surface area contributed by atoms with Gasteiger partial charge in [-0.15, -0.1) is 0 Å². The second-order valence-corrected chi connectivity index (χ2v) is 5.30. The predicted molar refractivity (Wildman–Crippen MR) is 93.2 cm³/mol. The molecule has 1 amide bonds. The number of pyridine rings is 1. The number of carbonyl (C=O) groups excluding carboxylic acids is 1. The summed E-state index contributed by atoms with van der Waals surface area (Å²) in [7, 11) is 0. The van der Waals surface area contributed by atoms with E-state index < -0.39 is 4.92 Å². The first-order chi connectivity index (χ1) is 11.9. The number of benzene rings is 1. The van der Waals surface area contributed by atoms with Crippen LogP contribution in [-0.2, 0) is 4.79 Å². The van der Waals surface area contributed by atoms with Crippen LogP contribution in [0.5, 0.6) is 0 Å². The third-order valence-corrected chi connectivity index (χ3v) is 3.39. The van der Waals surface area contributed by atoms with Gasteiger partial charge in [0.1, 0.15) is 10.7 Å². The van der Waals surface area contributed by atoms with E-state index in [1.807, 2.05) is 0 Å². The molecule has 0 unspecified atom stereocenters. The lowest BCUT2D eigenvalue weighted by Gasteiger charge is -2.05. The van der Waals surface area contributed by atoms with Crippen LogP contribution >= 0.6 is 0 Å². The van der Waals surface area contributed by atoms with Gasteiger partial charge >= 0.3 is 5.88 Å². The Labute approximate surface area is 140 Å². The molecule has 0 bridgehead atoms. The first-order valence-corrected chi connectivity index (χ1v) is 7.29. The Morgan fingerprint density at radius 2 is 2.04 bits per heavy atom. The molecule has 0 aliphatic carbocycles. The van der Waals surface area contributed by atoms with E-state index in [9.17, 15) is 19.7 Å². The highest BCUT2D eigenvalue weighted by atomic mass is 16.6. The molecule has 0 aliphatic heterocycles. The van der Waals surface area contributed by atoms with Crippen molar-refractivity contribution in [1.29, 1.82) is 0 Å². The molecule has 126 valence electrons. The van der Waals surface area contributed by atoms with Crippen molar-refractivity contribution in [3.05, 3.63) is 68.2 Å². The van der Waals surface area contributed by atoms with Crippen molar-refractivity contribution in [2.75, 3.05) is 5.32 Å². The smallest absolute Gasteiger partial charge is 0.401 e. The Hall–Kier alpha value is -3.68. The molecule has 3 rings (SSSR count). The molecule has 8 nitrogen and oxygen atoms in total. The van der Waals surface area contributed by atoms with Crippen molar-refractivity contribution < 1.29 is 14.1 Å². The molecule has 2 aromatic heterocycles. The molecule has 1 aromatic carbocycles. The van der Waals surface area contributed by atoms with Gasteiger partial charge in [-0.3, -0.25) is 19.7 Å². The Kier molecular flexibility index (Phi) is 4.17. The van der Waals surface area contributed by atoms with E-state index in [-0.39, 0.29) is 17.2 Å². The Balaban J connectivity index is 1.92. The number of amides is 1. The van der Waals surface area contributed by atoms with Gasteiger partial charge in [-0.25, -0.2) is 0 Å². The maximum atomic E-state index is 12.3. The first kappa shape index (κ1) is 16.2. The van der Waals surface area contributed by atoms with Gasteiger partial charge in [0, 0.05) is 35.3 Å². The van der Waals surface area contributed by atoms with Crippen LogP contribution in [0.2, 0.25) is 0 Å². The number of carbonyl (C=O) groups is 1. The van der Waals surface area contributed by atoms with E-state index in [2.05, 4.69) is 10.3 Å². The number of hydrogen-bond donors (Lipinski definition) is 2. The first-order valence-electron chi connectivity index (χ1n) is 7.29. The summed E-state index contributed by atoms with van der Waals surface area (Å²) in [5.41, 5.74) is 1.44. The lowest BCUT2D eigenvalue weighted by atomic mass is 10.1. The molecule has 2 heterocycles. The number of nitrogens with zero attached hydrogens (tertiary/aromatic N) is 1. The summed E-state index contributed by atoms with van der Waals surface area (Å²) in [6.45, 7) is 1.39. The molecule has 0 saturated heterocycles. The summed E-state index contributed by atoms with van der Waals surface area (Å²) in [6, 6.07) is 9.09. The normalized spacial score (nSPS) is 11.1. The summed E-state index contributed by atoms with van der Waals surface area (Å²) >= 11 is 0. The van der Waals surface area contributed by atoms with E-state index in [0.29, 0.717) is 28.0 Å². The lowest BCUT2D eigenvalue weighted by Crippen LogP contribution is -2.08. The zero-order chi connectivity index (χ0) is 18.0. The van der Waals surface area contributed by atoms with Gasteiger partial charge < -0.3 is 14.7 Å². The van der Waals surface area contributed by atoms with Gasteiger partial charge in [-0.1, -0.05) is 0 Å². The zero-order valence-corrected chi connectivity index (χ0v) is 13.1. The van der Waals surface area contributed by atoms with E-state index in [4.69, 9.17) is 4.42 Å². The molecule has 0 radical (unpaired) electrons. The van der Waals surface area contributed by atoms with Gasteiger partial charge in [0.05, 0.1) is 6.07 Å². The number of anilines is 1. The molecular formula is C17H13N3O5. The number of fused-ring (bicyclic) bond motifs is 1. The third-order valence-electron chi connectivity index (χ3n) is 3.39. The maximum Gasteiger partial charge on any atom is 0.433 e. The summed E-state index contributed by atoms with van der Waals surface area (Å²) in [4.78, 5) is 36.4. The van der Waals surface area contributed by atoms with Crippen LogP contribution in [0.4, 0.5) is 11.6 Å². The minimum absolute atomic E-state index is 0.217. The standard InChI is InChI=1S/C17H13N3O5/c1-10(21)18-11-3-6-15-14(8-11)16(22)9-12(19-15)2-4-13-5-7-17(25-13)20(23)24/h2-9H,1H3,(H,18,21)(H,19,22). The molecule has 0 fully saturated rings. The van der Waals surface area contributed by atoms with Crippen LogP contribution in [0, 0.1) is 10.1 Å². The van der Waals surface area contributed by atoms with Crippen LogP contribution < -0.4 is 10.7 Å². The minimum Gasteiger partial charge on any atom is -0.401 e. The fourth-order valence-electron chi connectivity index (χ4n) is 2.34. The fraction of sp³-hybridized carbons (Fsp3) is 0.0588. The van der Waals surface area contributed by atoms with Crippen LogP contribution in [0.1, 0.15) is 18.4 Å². The number of H-pyrrole nitrogens is 1. The molecule has 8 heteroatoms. The van der Waals surface area contributed by atoms with Gasteiger partial charge in [0.15, 0.2) is 5.43 Å². The lowest BCUT2D eigenvalue weighted by molar-refractivity contribution is -0.402. The third kappa shape index (κ3) is 3.63. The highest BCUT2D eigenvalue weighted by Gasteiger charge is 2.10. The van der Waals surface area contributed by atoms with Crippen molar-refractivity contribution in [2.24, 2.45) is 0 Å². The molecule has 0 aliphatic rings. The quantitative estimate of drug-likeness (QED) is 0.559. The summed E-state index contributed by atoms with van der Waals surface area (Å²) in [6.07, 6.45) is 3.11. The molecule has 3 aromatic rings. The van der Waals surface area contributed by atoms with Crippen LogP contribution in [0.3, 0.4) is 0 Å². The van der Waals surface area contributed by atoms with Crippen molar-refractivity contribution in [3.8, 4) is 0 Å². The van der Waals surface area contributed by atoms with Gasteiger partial charge in [-0.2, -0.15) is 0 Å². The van der Waals surface area contributed by atoms with Crippen molar-refractivity contribution in [3.63, 3.8) is 0 Å². The largest absolute Gasteiger partial charge is 0.433 e. The number of aromatic amines is 1. The Morgan fingerprint density at radius 3 is 2.72 bits per heavy atom. The predicted octanol–water partition coefficient (Wildman–Crippen LogP) is 3.16. The highest BCUT2D eigenvalue weighted by molar-refractivity contribution is 5.92. The second-order valence-electron chi connectivity index (χ2n) is 5.30. The molecule has 0 atom stereocenters.